The highest BCUT2D eigenvalue weighted by Gasteiger charge is 2.25. The summed E-state index contributed by atoms with van der Waals surface area (Å²) in [4.78, 5) is 14.6. The Morgan fingerprint density at radius 1 is 1.27 bits per heavy atom. The van der Waals surface area contributed by atoms with Gasteiger partial charge in [-0.25, -0.2) is 13.1 Å². The molecule has 0 saturated carbocycles. The summed E-state index contributed by atoms with van der Waals surface area (Å²) in [5.41, 5.74) is 2.77. The van der Waals surface area contributed by atoms with Gasteiger partial charge in [-0.1, -0.05) is 0 Å². The van der Waals surface area contributed by atoms with Gasteiger partial charge in [0.05, 0.1) is 11.9 Å². The third kappa shape index (κ3) is 4.82. The summed E-state index contributed by atoms with van der Waals surface area (Å²) in [6, 6.07) is 7.56. The van der Waals surface area contributed by atoms with Crippen molar-refractivity contribution >= 4 is 27.3 Å². The van der Waals surface area contributed by atoms with Crippen LogP contribution in [0.15, 0.2) is 29.4 Å². The molecular formula is C18H26N4O3S. The monoisotopic (exact) mass is 378 g/mol. The fraction of sp³-hybridized carbons (Fsp3) is 0.556. The molecule has 3 rings (SSSR count). The van der Waals surface area contributed by atoms with Gasteiger partial charge in [-0.2, -0.15) is 5.10 Å². The molecule has 8 heteroatoms. The van der Waals surface area contributed by atoms with Gasteiger partial charge in [-0.15, -0.1) is 0 Å². The summed E-state index contributed by atoms with van der Waals surface area (Å²) in [7, 11) is -3.20. The molecule has 1 fully saturated rings. The predicted molar refractivity (Wildman–Crippen MR) is 103 cm³/mol. The second-order valence-corrected chi connectivity index (χ2v) is 8.97. The Labute approximate surface area is 155 Å². The van der Waals surface area contributed by atoms with Gasteiger partial charge in [-0.3, -0.25) is 9.80 Å². The van der Waals surface area contributed by atoms with Crippen molar-refractivity contribution in [2.75, 3.05) is 37.4 Å². The number of nitrogens with one attached hydrogen (secondary N) is 1. The molecule has 1 aromatic carbocycles. The Hall–Kier alpha value is -1.93. The van der Waals surface area contributed by atoms with Crippen LogP contribution in [0.2, 0.25) is 0 Å². The molecule has 2 heterocycles. The fourth-order valence-corrected chi connectivity index (χ4v) is 3.94. The lowest BCUT2D eigenvalue weighted by molar-refractivity contribution is 0.0676. The Morgan fingerprint density at radius 3 is 2.62 bits per heavy atom. The van der Waals surface area contributed by atoms with Gasteiger partial charge in [-0.05, 0) is 49.9 Å². The molecule has 1 amide bonds. The molecule has 0 spiro atoms. The SMILES string of the molecule is CC1=NN(c2ccc(C(=O)N3CCC[C@@H](CNS(C)(=O)=O)C3)cc2)CC1. The predicted octanol–water partition coefficient (Wildman–Crippen LogP) is 1.67. The van der Waals surface area contributed by atoms with Crippen LogP contribution < -0.4 is 9.73 Å². The van der Waals surface area contributed by atoms with Gasteiger partial charge in [0.1, 0.15) is 0 Å². The van der Waals surface area contributed by atoms with E-state index in [2.05, 4.69) is 9.82 Å². The molecule has 1 atom stereocenters. The van der Waals surface area contributed by atoms with Crippen molar-refractivity contribution in [1.82, 2.24) is 9.62 Å². The zero-order chi connectivity index (χ0) is 18.7. The Kier molecular flexibility index (Phi) is 5.62. The number of likely N-dealkylation sites (tertiary alicyclic amines) is 1. The number of amides is 1. The van der Waals surface area contributed by atoms with Crippen LogP contribution in [0.3, 0.4) is 0 Å². The van der Waals surface area contributed by atoms with E-state index in [0.29, 0.717) is 25.2 Å². The molecule has 1 aromatic rings. The molecule has 0 aromatic heterocycles. The summed E-state index contributed by atoms with van der Waals surface area (Å²) in [6.07, 6.45) is 3.95. The number of sulfonamides is 1. The van der Waals surface area contributed by atoms with Crippen molar-refractivity contribution in [2.45, 2.75) is 26.2 Å². The molecule has 2 aliphatic heterocycles. The average Bonchev–Trinajstić information content (AvgIpc) is 3.06. The Bertz CT molecular complexity index is 789. The van der Waals surface area contributed by atoms with E-state index in [1.165, 1.54) is 0 Å². The Morgan fingerprint density at radius 2 is 2.00 bits per heavy atom. The smallest absolute Gasteiger partial charge is 0.253 e. The van der Waals surface area contributed by atoms with E-state index in [1.807, 2.05) is 41.1 Å². The molecule has 26 heavy (non-hydrogen) atoms. The van der Waals surface area contributed by atoms with Crippen LogP contribution >= 0.6 is 0 Å². The first kappa shape index (κ1) is 18.8. The molecule has 7 nitrogen and oxygen atoms in total. The molecule has 0 radical (unpaired) electrons. The molecular weight excluding hydrogens is 352 g/mol. The lowest BCUT2D eigenvalue weighted by Crippen LogP contribution is -2.43. The van der Waals surface area contributed by atoms with Crippen molar-refractivity contribution in [3.05, 3.63) is 29.8 Å². The fourth-order valence-electron chi connectivity index (χ4n) is 3.40. The van der Waals surface area contributed by atoms with E-state index < -0.39 is 10.0 Å². The minimum Gasteiger partial charge on any atom is -0.338 e. The van der Waals surface area contributed by atoms with Crippen LogP contribution in [0.4, 0.5) is 5.69 Å². The van der Waals surface area contributed by atoms with Crippen molar-refractivity contribution in [2.24, 2.45) is 11.0 Å². The highest BCUT2D eigenvalue weighted by molar-refractivity contribution is 7.88. The third-order valence-electron chi connectivity index (χ3n) is 4.83. The van der Waals surface area contributed by atoms with E-state index in [0.717, 1.165) is 43.5 Å². The number of piperidine rings is 1. The number of carbonyl (C=O) groups is 1. The summed E-state index contributed by atoms with van der Waals surface area (Å²) in [5.74, 6) is 0.158. The number of rotatable bonds is 5. The number of nitrogens with zero attached hydrogens (tertiary/aromatic N) is 3. The maximum absolute atomic E-state index is 12.8. The lowest BCUT2D eigenvalue weighted by Gasteiger charge is -2.33. The Balaban J connectivity index is 1.61. The van der Waals surface area contributed by atoms with Gasteiger partial charge >= 0.3 is 0 Å². The first-order chi connectivity index (χ1) is 12.3. The summed E-state index contributed by atoms with van der Waals surface area (Å²) in [6.45, 7) is 4.57. The van der Waals surface area contributed by atoms with E-state index in [4.69, 9.17) is 0 Å². The van der Waals surface area contributed by atoms with Gasteiger partial charge in [0.25, 0.3) is 5.91 Å². The van der Waals surface area contributed by atoms with E-state index in [-0.39, 0.29) is 11.8 Å². The highest BCUT2D eigenvalue weighted by atomic mass is 32.2. The van der Waals surface area contributed by atoms with Crippen LogP contribution in [0.5, 0.6) is 0 Å². The molecule has 0 bridgehead atoms. The minimum atomic E-state index is -3.20. The lowest BCUT2D eigenvalue weighted by atomic mass is 9.97. The average molecular weight is 378 g/mol. The summed E-state index contributed by atoms with van der Waals surface area (Å²) in [5, 5.41) is 6.43. The van der Waals surface area contributed by atoms with Crippen LogP contribution in [0.1, 0.15) is 36.5 Å². The van der Waals surface area contributed by atoms with Crippen LogP contribution in [-0.2, 0) is 10.0 Å². The second kappa shape index (κ2) is 7.75. The van der Waals surface area contributed by atoms with Crippen molar-refractivity contribution in [3.63, 3.8) is 0 Å². The quantitative estimate of drug-likeness (QED) is 0.845. The number of anilines is 1. The van der Waals surface area contributed by atoms with Crippen molar-refractivity contribution < 1.29 is 13.2 Å². The molecule has 0 unspecified atom stereocenters. The topological polar surface area (TPSA) is 82.1 Å². The molecule has 1 N–H and O–H groups in total. The third-order valence-corrected chi connectivity index (χ3v) is 5.52. The number of hydrogen-bond donors (Lipinski definition) is 1. The summed E-state index contributed by atoms with van der Waals surface area (Å²) < 4.78 is 25.1. The van der Waals surface area contributed by atoms with Crippen LogP contribution in [0.25, 0.3) is 0 Å². The van der Waals surface area contributed by atoms with Crippen molar-refractivity contribution in [1.29, 1.82) is 0 Å². The molecule has 0 aliphatic carbocycles. The zero-order valence-corrected chi connectivity index (χ0v) is 16.1. The van der Waals surface area contributed by atoms with E-state index >= 15 is 0 Å². The maximum atomic E-state index is 12.8. The minimum absolute atomic E-state index is 0.00158. The zero-order valence-electron chi connectivity index (χ0n) is 15.3. The first-order valence-electron chi connectivity index (χ1n) is 8.97. The first-order valence-corrected chi connectivity index (χ1v) is 10.9. The maximum Gasteiger partial charge on any atom is 0.253 e. The number of hydrogen-bond acceptors (Lipinski definition) is 5. The second-order valence-electron chi connectivity index (χ2n) is 7.14. The van der Waals surface area contributed by atoms with Crippen molar-refractivity contribution in [3.8, 4) is 0 Å². The standard InChI is InChI=1S/C18H26N4O3S/c1-14-9-11-22(20-14)17-7-5-16(6-8-17)18(23)21-10-3-4-15(13-21)12-19-26(2,24)25/h5-8,15,19H,3-4,9-13H2,1-2H3/t15-/m0/s1. The van der Waals surface area contributed by atoms with E-state index in [1.54, 1.807) is 0 Å². The molecule has 1 saturated heterocycles. The van der Waals surface area contributed by atoms with Gasteiger partial charge in [0.2, 0.25) is 10.0 Å². The van der Waals surface area contributed by atoms with Gasteiger partial charge < -0.3 is 4.90 Å². The van der Waals surface area contributed by atoms with Gasteiger partial charge in [0, 0.05) is 43.9 Å². The van der Waals surface area contributed by atoms with Crippen LogP contribution in [0, 0.1) is 5.92 Å². The van der Waals surface area contributed by atoms with Crippen LogP contribution in [-0.4, -0.2) is 57.4 Å². The summed E-state index contributed by atoms with van der Waals surface area (Å²) >= 11 is 0. The molecule has 2 aliphatic rings. The number of hydrazone groups is 1. The highest BCUT2D eigenvalue weighted by Crippen LogP contribution is 2.22. The molecule has 142 valence electrons. The normalized spacial score (nSPS) is 21.0. The number of benzene rings is 1. The number of carbonyl (C=O) groups excluding carboxylic acids is 1. The van der Waals surface area contributed by atoms with Gasteiger partial charge in [0.15, 0.2) is 0 Å². The largest absolute Gasteiger partial charge is 0.338 e. The van der Waals surface area contributed by atoms with E-state index in [9.17, 15) is 13.2 Å².